The molecule has 1 heterocycles. The number of carbonyl (C=O) groups excluding carboxylic acids is 1. The predicted octanol–water partition coefficient (Wildman–Crippen LogP) is 2.28. The van der Waals surface area contributed by atoms with Crippen LogP contribution in [0.5, 0.6) is 0 Å². The van der Waals surface area contributed by atoms with Gasteiger partial charge in [-0.3, -0.25) is 14.2 Å². The third-order valence-corrected chi connectivity index (χ3v) is 7.45. The minimum absolute atomic E-state index is 0.0439. The predicted molar refractivity (Wildman–Crippen MR) is 113 cm³/mol. The normalized spacial score (nSPS) is 13.7. The van der Waals surface area contributed by atoms with Crippen LogP contribution < -0.4 is 10.9 Å². The fourth-order valence-electron chi connectivity index (χ4n) is 3.27. The standard InChI is InChI=1S/C21H21F2N3O4S/c1-21(20(28)24-2,31(3,29)30)8-9-26-12-25-18-10-13(4-6-15(18)19(26)27)16-11-14(22)5-7-17(16)23/h4-7,10-12H,8-9H2,1-3H3,(H,24,28)/t21-/m1/s1. The molecule has 0 aliphatic carbocycles. The molecular weight excluding hydrogens is 428 g/mol. The number of sulfone groups is 1. The van der Waals surface area contributed by atoms with E-state index in [-0.39, 0.29) is 29.4 Å². The summed E-state index contributed by atoms with van der Waals surface area (Å²) in [4.78, 5) is 29.2. The Hall–Kier alpha value is -3.14. The van der Waals surface area contributed by atoms with Crippen molar-refractivity contribution in [2.24, 2.45) is 0 Å². The summed E-state index contributed by atoms with van der Waals surface area (Å²) in [7, 11) is -2.42. The maximum Gasteiger partial charge on any atom is 0.261 e. The molecule has 2 aromatic carbocycles. The van der Waals surface area contributed by atoms with E-state index in [4.69, 9.17) is 0 Å². The number of nitrogens with one attached hydrogen (secondary N) is 1. The number of nitrogens with zero attached hydrogens (tertiary/aromatic N) is 2. The number of rotatable bonds is 6. The van der Waals surface area contributed by atoms with Crippen LogP contribution in [0.1, 0.15) is 13.3 Å². The van der Waals surface area contributed by atoms with E-state index in [1.165, 1.54) is 43.1 Å². The molecule has 3 aromatic rings. The van der Waals surface area contributed by atoms with Gasteiger partial charge in [-0.05, 0) is 49.2 Å². The molecule has 0 saturated heterocycles. The minimum atomic E-state index is -3.76. The van der Waals surface area contributed by atoms with Gasteiger partial charge in [0.05, 0.1) is 17.2 Å². The van der Waals surface area contributed by atoms with Crippen LogP contribution in [0.2, 0.25) is 0 Å². The lowest BCUT2D eigenvalue weighted by Crippen LogP contribution is -2.49. The monoisotopic (exact) mass is 449 g/mol. The van der Waals surface area contributed by atoms with Crippen molar-refractivity contribution in [1.29, 1.82) is 0 Å². The van der Waals surface area contributed by atoms with Crippen molar-refractivity contribution in [3.63, 3.8) is 0 Å². The van der Waals surface area contributed by atoms with E-state index in [9.17, 15) is 26.8 Å². The number of fused-ring (bicyclic) bond motifs is 1. The fraction of sp³-hybridized carbons (Fsp3) is 0.286. The Morgan fingerprint density at radius 1 is 1.19 bits per heavy atom. The van der Waals surface area contributed by atoms with Gasteiger partial charge in [0, 0.05) is 25.4 Å². The van der Waals surface area contributed by atoms with Gasteiger partial charge in [-0.25, -0.2) is 22.2 Å². The molecule has 7 nitrogen and oxygen atoms in total. The number of hydrogen-bond donors (Lipinski definition) is 1. The number of halogens is 2. The Morgan fingerprint density at radius 3 is 2.55 bits per heavy atom. The first-order valence-corrected chi connectivity index (χ1v) is 11.2. The molecule has 0 radical (unpaired) electrons. The molecule has 1 amide bonds. The molecule has 1 atom stereocenters. The molecule has 0 spiro atoms. The van der Waals surface area contributed by atoms with E-state index in [0.29, 0.717) is 5.56 Å². The van der Waals surface area contributed by atoms with Crippen molar-refractivity contribution in [1.82, 2.24) is 14.9 Å². The summed E-state index contributed by atoms with van der Waals surface area (Å²) in [5.41, 5.74) is 0.240. The number of benzene rings is 2. The minimum Gasteiger partial charge on any atom is -0.358 e. The fourth-order valence-corrected chi connectivity index (χ4v) is 4.17. The van der Waals surface area contributed by atoms with Crippen molar-refractivity contribution in [2.75, 3.05) is 13.3 Å². The Morgan fingerprint density at radius 2 is 1.90 bits per heavy atom. The van der Waals surface area contributed by atoms with Gasteiger partial charge in [-0.1, -0.05) is 6.07 Å². The van der Waals surface area contributed by atoms with Gasteiger partial charge >= 0.3 is 0 Å². The van der Waals surface area contributed by atoms with Crippen molar-refractivity contribution in [2.45, 2.75) is 24.6 Å². The molecule has 1 aromatic heterocycles. The number of hydrogen-bond acceptors (Lipinski definition) is 5. The second kappa shape index (κ2) is 8.18. The van der Waals surface area contributed by atoms with Crippen LogP contribution in [0.4, 0.5) is 8.78 Å². The number of aryl methyl sites for hydroxylation is 1. The first-order chi connectivity index (χ1) is 14.5. The van der Waals surface area contributed by atoms with Crippen molar-refractivity contribution < 1.29 is 22.0 Å². The number of amides is 1. The molecule has 0 aliphatic rings. The molecular formula is C21H21F2N3O4S. The van der Waals surface area contributed by atoms with E-state index < -0.39 is 37.7 Å². The second-order valence-electron chi connectivity index (χ2n) is 7.43. The zero-order valence-corrected chi connectivity index (χ0v) is 18.0. The van der Waals surface area contributed by atoms with Gasteiger partial charge < -0.3 is 5.32 Å². The lowest BCUT2D eigenvalue weighted by atomic mass is 10.0. The number of aromatic nitrogens is 2. The third-order valence-electron chi connectivity index (χ3n) is 5.42. The van der Waals surface area contributed by atoms with Crippen molar-refractivity contribution >= 4 is 26.6 Å². The highest BCUT2D eigenvalue weighted by Crippen LogP contribution is 2.26. The Bertz CT molecular complexity index is 1340. The van der Waals surface area contributed by atoms with Crippen molar-refractivity contribution in [3.05, 3.63) is 64.7 Å². The van der Waals surface area contributed by atoms with E-state index in [1.807, 2.05) is 0 Å². The van der Waals surface area contributed by atoms with Crippen LogP contribution >= 0.6 is 0 Å². The largest absolute Gasteiger partial charge is 0.358 e. The van der Waals surface area contributed by atoms with Crippen LogP contribution in [-0.2, 0) is 21.2 Å². The highest BCUT2D eigenvalue weighted by atomic mass is 32.2. The summed E-state index contributed by atoms with van der Waals surface area (Å²) < 4.78 is 51.4. The second-order valence-corrected chi connectivity index (χ2v) is 9.88. The zero-order chi connectivity index (χ0) is 23.0. The molecule has 31 heavy (non-hydrogen) atoms. The molecule has 10 heteroatoms. The summed E-state index contributed by atoms with van der Waals surface area (Å²) in [6, 6.07) is 7.51. The highest BCUT2D eigenvalue weighted by molar-refractivity contribution is 7.92. The van der Waals surface area contributed by atoms with Gasteiger partial charge in [-0.2, -0.15) is 0 Å². The molecule has 0 saturated carbocycles. The Balaban J connectivity index is 1.98. The van der Waals surface area contributed by atoms with E-state index in [1.54, 1.807) is 0 Å². The first-order valence-electron chi connectivity index (χ1n) is 9.34. The summed E-state index contributed by atoms with van der Waals surface area (Å²) in [5.74, 6) is -1.87. The molecule has 1 N–H and O–H groups in total. The van der Waals surface area contributed by atoms with Crippen LogP contribution in [0.25, 0.3) is 22.0 Å². The maximum atomic E-state index is 14.1. The van der Waals surface area contributed by atoms with Gasteiger partial charge in [-0.15, -0.1) is 0 Å². The molecule has 3 rings (SSSR count). The quantitative estimate of drug-likeness (QED) is 0.623. The lowest BCUT2D eigenvalue weighted by Gasteiger charge is -2.25. The van der Waals surface area contributed by atoms with Crippen molar-refractivity contribution in [3.8, 4) is 11.1 Å². The summed E-state index contributed by atoms with van der Waals surface area (Å²) >= 11 is 0. The van der Waals surface area contributed by atoms with E-state index in [2.05, 4.69) is 10.3 Å². The lowest BCUT2D eigenvalue weighted by molar-refractivity contribution is -0.123. The zero-order valence-electron chi connectivity index (χ0n) is 17.1. The number of carbonyl (C=O) groups is 1. The Kier molecular flexibility index (Phi) is 5.95. The summed E-state index contributed by atoms with van der Waals surface area (Å²) in [5, 5.41) is 2.57. The van der Waals surface area contributed by atoms with E-state index >= 15 is 0 Å². The SMILES string of the molecule is CNC(=O)[C@@](C)(CCn1cnc2cc(-c3cc(F)ccc3F)ccc2c1=O)S(C)(=O)=O. The summed E-state index contributed by atoms with van der Waals surface area (Å²) in [6.45, 7) is 1.25. The molecule has 0 bridgehead atoms. The van der Waals surface area contributed by atoms with Crippen LogP contribution in [0.15, 0.2) is 47.5 Å². The van der Waals surface area contributed by atoms with Gasteiger partial charge in [0.1, 0.15) is 16.4 Å². The smallest absolute Gasteiger partial charge is 0.261 e. The summed E-state index contributed by atoms with van der Waals surface area (Å²) in [6.07, 6.45) is 2.07. The van der Waals surface area contributed by atoms with Crippen LogP contribution in [-0.4, -0.2) is 41.9 Å². The third kappa shape index (κ3) is 4.20. The molecule has 164 valence electrons. The highest BCUT2D eigenvalue weighted by Gasteiger charge is 2.42. The Labute approximate surface area is 177 Å². The van der Waals surface area contributed by atoms with Crippen LogP contribution in [0, 0.1) is 11.6 Å². The maximum absolute atomic E-state index is 14.1. The first kappa shape index (κ1) is 22.5. The van der Waals surface area contributed by atoms with Gasteiger partial charge in [0.25, 0.3) is 5.56 Å². The van der Waals surface area contributed by atoms with Gasteiger partial charge in [0.15, 0.2) is 9.84 Å². The molecule has 0 aliphatic heterocycles. The topological polar surface area (TPSA) is 98.1 Å². The average molecular weight is 449 g/mol. The van der Waals surface area contributed by atoms with Gasteiger partial charge in [0.2, 0.25) is 5.91 Å². The van der Waals surface area contributed by atoms with Crippen LogP contribution in [0.3, 0.4) is 0 Å². The molecule has 0 unspecified atom stereocenters. The molecule has 0 fully saturated rings. The van der Waals surface area contributed by atoms with E-state index in [0.717, 1.165) is 24.5 Å². The average Bonchev–Trinajstić information content (AvgIpc) is 2.73.